The molecule has 0 fully saturated rings. The minimum absolute atomic E-state index is 0.00274. The summed E-state index contributed by atoms with van der Waals surface area (Å²) >= 11 is 0. The van der Waals surface area contributed by atoms with Gasteiger partial charge in [-0.25, -0.2) is 4.39 Å². The molecule has 0 saturated carbocycles. The second-order valence-electron chi connectivity index (χ2n) is 4.83. The number of benzene rings is 2. The fourth-order valence-electron chi connectivity index (χ4n) is 2.21. The second-order valence-corrected chi connectivity index (χ2v) is 4.83. The molecule has 0 bridgehead atoms. The minimum atomic E-state index is -0.550. The lowest BCUT2D eigenvalue weighted by atomic mass is 9.92. The number of aryl methyl sites for hydroxylation is 1. The van der Waals surface area contributed by atoms with Crippen LogP contribution in [-0.2, 0) is 6.42 Å². The standard InChI is InChI=1S/C16H13FN2O2/c1-11-2-7-16(19(20)21)13(8-11)9-14(10-18)12-3-5-15(17)6-4-12/h2-8,14H,9H2,1H3. The highest BCUT2D eigenvalue weighted by Gasteiger charge is 2.19. The van der Waals surface area contributed by atoms with E-state index in [9.17, 15) is 19.8 Å². The Labute approximate surface area is 121 Å². The van der Waals surface area contributed by atoms with E-state index < -0.39 is 10.8 Å². The first-order valence-corrected chi connectivity index (χ1v) is 6.40. The van der Waals surface area contributed by atoms with Gasteiger partial charge in [-0.15, -0.1) is 0 Å². The predicted molar refractivity (Wildman–Crippen MR) is 76.3 cm³/mol. The van der Waals surface area contributed by atoms with Crippen molar-refractivity contribution >= 4 is 5.69 Å². The van der Waals surface area contributed by atoms with Gasteiger partial charge in [0.2, 0.25) is 0 Å². The van der Waals surface area contributed by atoms with Gasteiger partial charge in [0, 0.05) is 11.6 Å². The highest BCUT2D eigenvalue weighted by molar-refractivity contribution is 5.44. The zero-order valence-corrected chi connectivity index (χ0v) is 11.4. The number of nitrogens with zero attached hydrogens (tertiary/aromatic N) is 2. The molecular weight excluding hydrogens is 271 g/mol. The van der Waals surface area contributed by atoms with Crippen LogP contribution in [0.5, 0.6) is 0 Å². The third-order valence-corrected chi connectivity index (χ3v) is 3.28. The molecule has 0 spiro atoms. The molecule has 106 valence electrons. The maximum atomic E-state index is 12.9. The van der Waals surface area contributed by atoms with Crippen LogP contribution in [0.15, 0.2) is 42.5 Å². The van der Waals surface area contributed by atoms with Crippen molar-refractivity contribution in [2.45, 2.75) is 19.3 Å². The number of hydrogen-bond acceptors (Lipinski definition) is 3. The normalized spacial score (nSPS) is 11.7. The van der Waals surface area contributed by atoms with E-state index in [1.807, 2.05) is 6.92 Å². The van der Waals surface area contributed by atoms with Crippen LogP contribution < -0.4 is 0 Å². The van der Waals surface area contributed by atoms with Crippen molar-refractivity contribution in [1.29, 1.82) is 5.26 Å². The molecule has 0 amide bonds. The van der Waals surface area contributed by atoms with E-state index in [1.54, 1.807) is 12.1 Å². The van der Waals surface area contributed by atoms with E-state index in [-0.39, 0.29) is 17.9 Å². The molecule has 0 radical (unpaired) electrons. The molecule has 0 saturated heterocycles. The topological polar surface area (TPSA) is 66.9 Å². The Morgan fingerprint density at radius 1 is 1.29 bits per heavy atom. The van der Waals surface area contributed by atoms with Crippen LogP contribution in [0.25, 0.3) is 0 Å². The average Bonchev–Trinajstić information content (AvgIpc) is 2.45. The molecule has 1 atom stereocenters. The molecule has 0 N–H and O–H groups in total. The molecule has 2 rings (SSSR count). The second kappa shape index (κ2) is 6.14. The van der Waals surface area contributed by atoms with Crippen LogP contribution in [0.2, 0.25) is 0 Å². The first-order chi connectivity index (χ1) is 10.0. The summed E-state index contributed by atoms with van der Waals surface area (Å²) in [6, 6.07) is 12.6. The van der Waals surface area contributed by atoms with Crippen molar-refractivity contribution < 1.29 is 9.31 Å². The number of hydrogen-bond donors (Lipinski definition) is 0. The lowest BCUT2D eigenvalue weighted by molar-refractivity contribution is -0.385. The maximum absolute atomic E-state index is 12.9. The van der Waals surface area contributed by atoms with Gasteiger partial charge in [-0.3, -0.25) is 10.1 Å². The Bertz CT molecular complexity index is 705. The minimum Gasteiger partial charge on any atom is -0.258 e. The largest absolute Gasteiger partial charge is 0.272 e. The fraction of sp³-hybridized carbons (Fsp3) is 0.188. The highest BCUT2D eigenvalue weighted by Crippen LogP contribution is 2.27. The van der Waals surface area contributed by atoms with Crippen LogP contribution in [0.1, 0.15) is 22.6 Å². The van der Waals surface area contributed by atoms with E-state index in [2.05, 4.69) is 6.07 Å². The molecule has 0 aliphatic carbocycles. The van der Waals surface area contributed by atoms with Crippen molar-refractivity contribution in [2.75, 3.05) is 0 Å². The Hall–Kier alpha value is -2.74. The molecule has 0 aliphatic rings. The van der Waals surface area contributed by atoms with Crippen molar-refractivity contribution in [1.82, 2.24) is 0 Å². The van der Waals surface area contributed by atoms with Gasteiger partial charge in [0.25, 0.3) is 5.69 Å². The smallest absolute Gasteiger partial charge is 0.258 e. The summed E-state index contributed by atoms with van der Waals surface area (Å²) in [4.78, 5) is 10.6. The number of halogens is 1. The molecule has 2 aromatic rings. The van der Waals surface area contributed by atoms with Crippen LogP contribution in [0, 0.1) is 34.2 Å². The van der Waals surface area contributed by atoms with Gasteiger partial charge < -0.3 is 0 Å². The van der Waals surface area contributed by atoms with E-state index in [4.69, 9.17) is 0 Å². The van der Waals surface area contributed by atoms with Gasteiger partial charge in [0.05, 0.1) is 16.9 Å². The number of rotatable bonds is 4. The molecule has 1 unspecified atom stereocenters. The summed E-state index contributed by atoms with van der Waals surface area (Å²) in [5.74, 6) is -0.928. The summed E-state index contributed by atoms with van der Waals surface area (Å²) in [6.07, 6.45) is 0.222. The zero-order chi connectivity index (χ0) is 15.4. The van der Waals surface area contributed by atoms with Crippen LogP contribution in [0.3, 0.4) is 0 Å². The van der Waals surface area contributed by atoms with Crippen molar-refractivity contribution in [3.63, 3.8) is 0 Å². The highest BCUT2D eigenvalue weighted by atomic mass is 19.1. The molecule has 5 heteroatoms. The molecule has 21 heavy (non-hydrogen) atoms. The Balaban J connectivity index is 2.35. The quantitative estimate of drug-likeness (QED) is 0.631. The van der Waals surface area contributed by atoms with Crippen molar-refractivity contribution in [2.24, 2.45) is 0 Å². The Kier molecular flexibility index (Phi) is 4.29. The predicted octanol–water partition coefficient (Wildman–Crippen LogP) is 3.89. The average molecular weight is 284 g/mol. The summed E-state index contributed by atoms with van der Waals surface area (Å²) in [5, 5.41) is 20.4. The first-order valence-electron chi connectivity index (χ1n) is 6.40. The molecular formula is C16H13FN2O2. The van der Waals surface area contributed by atoms with Gasteiger partial charge in [0.1, 0.15) is 5.82 Å². The summed E-state index contributed by atoms with van der Waals surface area (Å²) in [7, 11) is 0. The van der Waals surface area contributed by atoms with Gasteiger partial charge >= 0.3 is 0 Å². The van der Waals surface area contributed by atoms with Crippen molar-refractivity contribution in [3.8, 4) is 6.07 Å². The fourth-order valence-corrected chi connectivity index (χ4v) is 2.21. The van der Waals surface area contributed by atoms with Crippen LogP contribution in [0.4, 0.5) is 10.1 Å². The molecule has 0 aromatic heterocycles. The molecule has 4 nitrogen and oxygen atoms in total. The molecule has 0 aliphatic heterocycles. The van der Waals surface area contributed by atoms with E-state index in [1.165, 1.54) is 30.3 Å². The van der Waals surface area contributed by atoms with Crippen molar-refractivity contribution in [3.05, 3.63) is 75.1 Å². The van der Waals surface area contributed by atoms with E-state index in [0.29, 0.717) is 11.1 Å². The van der Waals surface area contributed by atoms with Gasteiger partial charge in [-0.1, -0.05) is 23.8 Å². The SMILES string of the molecule is Cc1ccc([N+](=O)[O-])c(CC(C#N)c2ccc(F)cc2)c1. The van der Waals surface area contributed by atoms with E-state index >= 15 is 0 Å². The third-order valence-electron chi connectivity index (χ3n) is 3.28. The van der Waals surface area contributed by atoms with Crippen LogP contribution >= 0.6 is 0 Å². The van der Waals surface area contributed by atoms with E-state index in [0.717, 1.165) is 5.56 Å². The summed E-state index contributed by atoms with van der Waals surface area (Å²) < 4.78 is 12.9. The monoisotopic (exact) mass is 284 g/mol. The maximum Gasteiger partial charge on any atom is 0.272 e. The summed E-state index contributed by atoms with van der Waals surface area (Å²) in [6.45, 7) is 1.84. The molecule has 0 heterocycles. The number of nitriles is 1. The summed E-state index contributed by atoms with van der Waals surface area (Å²) in [5.41, 5.74) is 2.06. The Morgan fingerprint density at radius 3 is 2.52 bits per heavy atom. The number of nitro groups is 1. The lowest BCUT2D eigenvalue weighted by Gasteiger charge is -2.10. The Morgan fingerprint density at radius 2 is 1.95 bits per heavy atom. The van der Waals surface area contributed by atoms with Gasteiger partial charge in [-0.2, -0.15) is 5.26 Å². The first kappa shape index (κ1) is 14.7. The lowest BCUT2D eigenvalue weighted by Crippen LogP contribution is -2.04. The zero-order valence-electron chi connectivity index (χ0n) is 11.4. The van der Waals surface area contributed by atoms with Gasteiger partial charge in [0.15, 0.2) is 0 Å². The number of nitro benzene ring substituents is 1. The van der Waals surface area contributed by atoms with Gasteiger partial charge in [-0.05, 0) is 37.1 Å². The molecule has 2 aromatic carbocycles. The third kappa shape index (κ3) is 3.42. The van der Waals surface area contributed by atoms with Crippen LogP contribution in [-0.4, -0.2) is 4.92 Å².